The molecule has 3 nitrogen and oxygen atoms in total. The van der Waals surface area contributed by atoms with Gasteiger partial charge < -0.3 is 9.73 Å². The summed E-state index contributed by atoms with van der Waals surface area (Å²) < 4.78 is 18.6. The van der Waals surface area contributed by atoms with Crippen molar-refractivity contribution in [3.63, 3.8) is 0 Å². The average Bonchev–Trinajstić information content (AvgIpc) is 2.83. The molecule has 0 bridgehead atoms. The van der Waals surface area contributed by atoms with E-state index in [2.05, 4.69) is 5.32 Å². The highest BCUT2D eigenvalue weighted by Crippen LogP contribution is 2.23. The van der Waals surface area contributed by atoms with Gasteiger partial charge in [0, 0.05) is 11.8 Å². The molecule has 2 aromatic rings. The minimum absolute atomic E-state index is 0.00491. The molecule has 100 valence electrons. The summed E-state index contributed by atoms with van der Waals surface area (Å²) in [4.78, 5) is 12.2. The number of ketones is 1. The number of nitrogens with one attached hydrogen (secondary N) is 1. The molecular formula is C15H16FNO2. The van der Waals surface area contributed by atoms with Crippen LogP contribution in [0.25, 0.3) is 11.0 Å². The molecule has 0 radical (unpaired) electrons. The second kappa shape index (κ2) is 5.13. The van der Waals surface area contributed by atoms with Crippen LogP contribution in [0, 0.1) is 11.7 Å². The Labute approximate surface area is 110 Å². The number of hydrogen-bond donors (Lipinski definition) is 1. The lowest BCUT2D eigenvalue weighted by atomic mass is 9.93. The Bertz CT molecular complexity index is 599. The van der Waals surface area contributed by atoms with Crippen LogP contribution in [0.2, 0.25) is 0 Å². The van der Waals surface area contributed by atoms with Gasteiger partial charge in [-0.3, -0.25) is 4.79 Å². The molecule has 3 rings (SSSR count). The SMILES string of the molecule is O=C(CC1CCCNC1)c1cc2cc(F)ccc2o1. The fourth-order valence-corrected chi connectivity index (χ4v) is 2.61. The fraction of sp³-hybridized carbons (Fsp3) is 0.400. The third-order valence-electron chi connectivity index (χ3n) is 3.63. The monoisotopic (exact) mass is 261 g/mol. The van der Waals surface area contributed by atoms with Gasteiger partial charge in [-0.25, -0.2) is 4.39 Å². The lowest BCUT2D eigenvalue weighted by Crippen LogP contribution is -2.31. The predicted molar refractivity (Wildman–Crippen MR) is 70.7 cm³/mol. The second-order valence-corrected chi connectivity index (χ2v) is 5.13. The third kappa shape index (κ3) is 2.68. The van der Waals surface area contributed by atoms with E-state index in [1.54, 1.807) is 12.1 Å². The smallest absolute Gasteiger partial charge is 0.198 e. The number of Topliss-reactive ketones (excluding diaryl/α,β-unsaturated/α-hetero) is 1. The van der Waals surface area contributed by atoms with E-state index in [0.717, 1.165) is 25.9 Å². The molecule has 0 aliphatic carbocycles. The summed E-state index contributed by atoms with van der Waals surface area (Å²) in [5.74, 6) is 0.409. The van der Waals surface area contributed by atoms with Crippen LogP contribution in [-0.4, -0.2) is 18.9 Å². The molecule has 0 saturated carbocycles. The normalized spacial score (nSPS) is 19.7. The van der Waals surface area contributed by atoms with Crippen molar-refractivity contribution in [2.24, 2.45) is 5.92 Å². The lowest BCUT2D eigenvalue weighted by molar-refractivity contribution is 0.0928. The molecule has 1 aromatic carbocycles. The number of benzene rings is 1. The number of furan rings is 1. The van der Waals surface area contributed by atoms with Crippen molar-refractivity contribution in [3.8, 4) is 0 Å². The molecule has 1 aliphatic rings. The van der Waals surface area contributed by atoms with Crippen molar-refractivity contribution in [3.05, 3.63) is 35.8 Å². The molecule has 1 aromatic heterocycles. The number of fused-ring (bicyclic) bond motifs is 1. The Balaban J connectivity index is 1.77. The third-order valence-corrected chi connectivity index (χ3v) is 3.63. The summed E-state index contributed by atoms with van der Waals surface area (Å²) >= 11 is 0. The molecule has 1 N–H and O–H groups in total. The quantitative estimate of drug-likeness (QED) is 0.863. The van der Waals surface area contributed by atoms with E-state index >= 15 is 0 Å². The summed E-state index contributed by atoms with van der Waals surface area (Å²) in [7, 11) is 0. The second-order valence-electron chi connectivity index (χ2n) is 5.13. The standard InChI is InChI=1S/C15H16FNO2/c16-12-3-4-14-11(7-12)8-15(19-14)13(18)6-10-2-1-5-17-9-10/h3-4,7-8,10,17H,1-2,5-6,9H2. The molecule has 19 heavy (non-hydrogen) atoms. The maximum atomic E-state index is 13.1. The molecule has 4 heteroatoms. The van der Waals surface area contributed by atoms with Gasteiger partial charge in [0.2, 0.25) is 0 Å². The molecule has 0 spiro atoms. The van der Waals surface area contributed by atoms with Gasteiger partial charge in [-0.15, -0.1) is 0 Å². The number of rotatable bonds is 3. The van der Waals surface area contributed by atoms with Crippen molar-refractivity contribution in [1.29, 1.82) is 0 Å². The largest absolute Gasteiger partial charge is 0.453 e. The topological polar surface area (TPSA) is 42.2 Å². The highest BCUT2D eigenvalue weighted by Gasteiger charge is 2.20. The first kappa shape index (κ1) is 12.4. The van der Waals surface area contributed by atoms with Gasteiger partial charge in [-0.1, -0.05) is 0 Å². The first-order valence-electron chi connectivity index (χ1n) is 6.65. The lowest BCUT2D eigenvalue weighted by Gasteiger charge is -2.21. The Kier molecular flexibility index (Phi) is 3.34. The molecule has 1 atom stereocenters. The Morgan fingerprint density at radius 1 is 1.42 bits per heavy atom. The minimum Gasteiger partial charge on any atom is -0.453 e. The van der Waals surface area contributed by atoms with E-state index in [1.807, 2.05) is 0 Å². The fourth-order valence-electron chi connectivity index (χ4n) is 2.61. The van der Waals surface area contributed by atoms with Gasteiger partial charge in [0.15, 0.2) is 11.5 Å². The van der Waals surface area contributed by atoms with E-state index < -0.39 is 0 Å². The van der Waals surface area contributed by atoms with Gasteiger partial charge in [-0.2, -0.15) is 0 Å². The van der Waals surface area contributed by atoms with Crippen LogP contribution in [-0.2, 0) is 0 Å². The van der Waals surface area contributed by atoms with Crippen LogP contribution in [0.1, 0.15) is 29.8 Å². The Hall–Kier alpha value is -1.68. The molecule has 2 heterocycles. The number of hydrogen-bond acceptors (Lipinski definition) is 3. The van der Waals surface area contributed by atoms with E-state index in [0.29, 0.717) is 29.1 Å². The molecule has 1 fully saturated rings. The van der Waals surface area contributed by atoms with Crippen LogP contribution in [0.5, 0.6) is 0 Å². The average molecular weight is 261 g/mol. The Morgan fingerprint density at radius 3 is 3.11 bits per heavy atom. The van der Waals surface area contributed by atoms with Crippen LogP contribution in [0.3, 0.4) is 0 Å². The summed E-state index contributed by atoms with van der Waals surface area (Å²) in [6.07, 6.45) is 2.69. The number of carbonyl (C=O) groups is 1. The van der Waals surface area contributed by atoms with Crippen molar-refractivity contribution in [1.82, 2.24) is 5.32 Å². The summed E-state index contributed by atoms with van der Waals surface area (Å²) in [6, 6.07) is 5.92. The van der Waals surface area contributed by atoms with Gasteiger partial charge in [0.1, 0.15) is 11.4 Å². The van der Waals surface area contributed by atoms with Crippen molar-refractivity contribution < 1.29 is 13.6 Å². The van der Waals surface area contributed by atoms with Crippen LogP contribution in [0.15, 0.2) is 28.7 Å². The van der Waals surface area contributed by atoms with E-state index in [-0.39, 0.29) is 11.6 Å². The first-order chi connectivity index (χ1) is 9.22. The predicted octanol–water partition coefficient (Wildman–Crippen LogP) is 3.14. The van der Waals surface area contributed by atoms with Crippen molar-refractivity contribution >= 4 is 16.8 Å². The number of carbonyl (C=O) groups excluding carboxylic acids is 1. The zero-order chi connectivity index (χ0) is 13.2. The molecular weight excluding hydrogens is 245 g/mol. The highest BCUT2D eigenvalue weighted by molar-refractivity contribution is 5.97. The van der Waals surface area contributed by atoms with Crippen molar-refractivity contribution in [2.45, 2.75) is 19.3 Å². The van der Waals surface area contributed by atoms with Gasteiger partial charge in [0.25, 0.3) is 0 Å². The minimum atomic E-state index is -0.316. The van der Waals surface area contributed by atoms with E-state index in [1.165, 1.54) is 12.1 Å². The molecule has 0 amide bonds. The van der Waals surface area contributed by atoms with Crippen molar-refractivity contribution in [2.75, 3.05) is 13.1 Å². The number of piperidine rings is 1. The molecule has 1 unspecified atom stereocenters. The van der Waals surface area contributed by atoms with Crippen LogP contribution >= 0.6 is 0 Å². The van der Waals surface area contributed by atoms with E-state index in [9.17, 15) is 9.18 Å². The first-order valence-corrected chi connectivity index (χ1v) is 6.65. The summed E-state index contributed by atoms with van der Waals surface area (Å²) in [5.41, 5.74) is 0.562. The molecule has 1 aliphatic heterocycles. The summed E-state index contributed by atoms with van der Waals surface area (Å²) in [5, 5.41) is 3.94. The molecule has 1 saturated heterocycles. The number of halogens is 1. The van der Waals surface area contributed by atoms with Gasteiger partial charge >= 0.3 is 0 Å². The maximum Gasteiger partial charge on any atom is 0.198 e. The van der Waals surface area contributed by atoms with E-state index in [4.69, 9.17) is 4.42 Å². The van der Waals surface area contributed by atoms with Gasteiger partial charge in [-0.05, 0) is 56.1 Å². The zero-order valence-corrected chi connectivity index (χ0v) is 10.6. The Morgan fingerprint density at radius 2 is 2.32 bits per heavy atom. The summed E-state index contributed by atoms with van der Waals surface area (Å²) in [6.45, 7) is 1.93. The highest BCUT2D eigenvalue weighted by atomic mass is 19.1. The zero-order valence-electron chi connectivity index (χ0n) is 10.6. The van der Waals surface area contributed by atoms with Crippen LogP contribution in [0.4, 0.5) is 4.39 Å². The van der Waals surface area contributed by atoms with Crippen LogP contribution < -0.4 is 5.32 Å². The van der Waals surface area contributed by atoms with Gasteiger partial charge in [0.05, 0.1) is 0 Å². The maximum absolute atomic E-state index is 13.1.